The number of aromatic nitrogens is 1. The minimum Gasteiger partial charge on any atom is -0.507 e. The number of carbonyl (C=O) groups excluding carboxylic acids is 2. The summed E-state index contributed by atoms with van der Waals surface area (Å²) in [5.74, 6) is -1.61. The molecule has 4 aromatic carbocycles. The molecule has 6 rings (SSSR count). The van der Waals surface area contributed by atoms with Crippen LogP contribution in [0.1, 0.15) is 17.2 Å². The highest BCUT2D eigenvalue weighted by atomic mass is 16.3. The van der Waals surface area contributed by atoms with Crippen molar-refractivity contribution < 1.29 is 14.7 Å². The van der Waals surface area contributed by atoms with Gasteiger partial charge in [0.15, 0.2) is 0 Å². The van der Waals surface area contributed by atoms with Crippen LogP contribution in [0.15, 0.2) is 115 Å². The molecule has 2 heterocycles. The van der Waals surface area contributed by atoms with E-state index >= 15 is 0 Å². The van der Waals surface area contributed by atoms with E-state index in [1.165, 1.54) is 4.90 Å². The molecular formula is C30H20N2O3. The molecule has 5 nitrogen and oxygen atoms in total. The summed E-state index contributed by atoms with van der Waals surface area (Å²) in [6.45, 7) is 0. The number of aliphatic hydroxyl groups is 1. The van der Waals surface area contributed by atoms with Gasteiger partial charge in [0.1, 0.15) is 5.76 Å². The van der Waals surface area contributed by atoms with E-state index in [0.29, 0.717) is 16.8 Å². The summed E-state index contributed by atoms with van der Waals surface area (Å²) in [5, 5.41) is 15.2. The van der Waals surface area contributed by atoms with Gasteiger partial charge in [0.2, 0.25) is 0 Å². The molecule has 1 saturated heterocycles. The fourth-order valence-electron chi connectivity index (χ4n) is 4.84. The largest absolute Gasteiger partial charge is 0.507 e. The first-order chi connectivity index (χ1) is 17.1. The summed E-state index contributed by atoms with van der Waals surface area (Å²) in [4.78, 5) is 32.7. The maximum Gasteiger partial charge on any atom is 0.300 e. The third kappa shape index (κ3) is 3.37. The zero-order valence-corrected chi connectivity index (χ0v) is 18.6. The second kappa shape index (κ2) is 8.22. The topological polar surface area (TPSA) is 70.5 Å². The first-order valence-corrected chi connectivity index (χ1v) is 11.3. The number of ketones is 1. The zero-order valence-electron chi connectivity index (χ0n) is 18.6. The predicted octanol–water partition coefficient (Wildman–Crippen LogP) is 6.01. The Morgan fingerprint density at radius 1 is 0.771 bits per heavy atom. The van der Waals surface area contributed by atoms with E-state index in [1.54, 1.807) is 24.5 Å². The molecule has 1 amide bonds. The second-order valence-corrected chi connectivity index (χ2v) is 8.52. The summed E-state index contributed by atoms with van der Waals surface area (Å²) in [5.41, 5.74) is 1.78. The third-order valence-electron chi connectivity index (χ3n) is 6.49. The molecule has 1 aliphatic rings. The molecule has 0 bridgehead atoms. The van der Waals surface area contributed by atoms with Gasteiger partial charge in [-0.2, -0.15) is 0 Å². The van der Waals surface area contributed by atoms with Crippen molar-refractivity contribution in [2.75, 3.05) is 4.90 Å². The fraction of sp³-hybridized carbons (Fsp3) is 0.0333. The van der Waals surface area contributed by atoms with Gasteiger partial charge in [-0.1, -0.05) is 78.9 Å². The lowest BCUT2D eigenvalue weighted by Crippen LogP contribution is -2.29. The third-order valence-corrected chi connectivity index (χ3v) is 6.49. The maximum absolute atomic E-state index is 13.5. The van der Waals surface area contributed by atoms with Crippen LogP contribution in [-0.4, -0.2) is 21.8 Å². The molecule has 1 N–H and O–H groups in total. The van der Waals surface area contributed by atoms with Crippen LogP contribution in [0.25, 0.3) is 27.3 Å². The number of hydrogen-bond acceptors (Lipinski definition) is 4. The smallest absolute Gasteiger partial charge is 0.300 e. The Balaban J connectivity index is 1.60. The van der Waals surface area contributed by atoms with E-state index < -0.39 is 17.7 Å². The minimum absolute atomic E-state index is 0.0474. The number of anilines is 1. The van der Waals surface area contributed by atoms with Crippen LogP contribution in [0.4, 0.5) is 5.69 Å². The van der Waals surface area contributed by atoms with Crippen molar-refractivity contribution in [3.05, 3.63) is 126 Å². The van der Waals surface area contributed by atoms with E-state index in [9.17, 15) is 14.7 Å². The molecule has 0 saturated carbocycles. The molecule has 168 valence electrons. The van der Waals surface area contributed by atoms with Gasteiger partial charge in [-0.05, 0) is 39.9 Å². The number of fused-ring (bicyclic) bond motifs is 2. The Hall–Kier alpha value is -4.77. The molecule has 1 atom stereocenters. The van der Waals surface area contributed by atoms with E-state index in [4.69, 9.17) is 0 Å². The molecule has 5 aromatic rings. The molecule has 0 radical (unpaired) electrons. The SMILES string of the molecule is O=C1C(=O)N(c2cccc3ccccc23)C(c2cccnc2)/C1=C(\O)c1ccc2ccccc2c1. The van der Waals surface area contributed by atoms with E-state index in [0.717, 1.165) is 21.5 Å². The number of rotatable bonds is 3. The highest BCUT2D eigenvalue weighted by Gasteiger charge is 2.47. The number of pyridine rings is 1. The Bertz CT molecular complexity index is 1650. The van der Waals surface area contributed by atoms with Gasteiger partial charge >= 0.3 is 0 Å². The average molecular weight is 457 g/mol. The Morgan fingerprint density at radius 2 is 1.51 bits per heavy atom. The van der Waals surface area contributed by atoms with Crippen molar-refractivity contribution in [1.82, 2.24) is 4.98 Å². The Labute approximate surface area is 201 Å². The summed E-state index contributed by atoms with van der Waals surface area (Å²) in [7, 11) is 0. The number of hydrogen-bond donors (Lipinski definition) is 1. The minimum atomic E-state index is -0.819. The molecule has 35 heavy (non-hydrogen) atoms. The van der Waals surface area contributed by atoms with Crippen molar-refractivity contribution >= 4 is 44.7 Å². The van der Waals surface area contributed by atoms with Gasteiger partial charge in [0.05, 0.1) is 17.3 Å². The Morgan fingerprint density at radius 3 is 2.31 bits per heavy atom. The molecule has 0 aliphatic carbocycles. The van der Waals surface area contributed by atoms with E-state index in [2.05, 4.69) is 4.98 Å². The van der Waals surface area contributed by atoms with Gasteiger partial charge in [-0.3, -0.25) is 19.5 Å². The van der Waals surface area contributed by atoms with Gasteiger partial charge in [-0.15, -0.1) is 0 Å². The highest BCUT2D eigenvalue weighted by Crippen LogP contribution is 2.44. The van der Waals surface area contributed by atoms with Gasteiger partial charge in [0, 0.05) is 23.3 Å². The maximum atomic E-state index is 13.5. The molecule has 1 fully saturated rings. The van der Waals surface area contributed by atoms with E-state index in [1.807, 2.05) is 84.9 Å². The Kier molecular flexibility index (Phi) is 4.89. The lowest BCUT2D eigenvalue weighted by Gasteiger charge is -2.26. The number of amides is 1. The van der Waals surface area contributed by atoms with Crippen molar-refractivity contribution in [3.8, 4) is 0 Å². The van der Waals surface area contributed by atoms with Gasteiger partial charge < -0.3 is 5.11 Å². The number of Topliss-reactive ketones (excluding diaryl/α,β-unsaturated/α-hetero) is 1. The summed E-state index contributed by atoms with van der Waals surface area (Å²) in [6, 6.07) is 29.4. The normalized spacial score (nSPS) is 17.4. The zero-order chi connectivity index (χ0) is 23.9. The number of aliphatic hydroxyl groups excluding tert-OH is 1. The average Bonchev–Trinajstić information content (AvgIpc) is 3.18. The van der Waals surface area contributed by atoms with Crippen molar-refractivity contribution in [3.63, 3.8) is 0 Å². The molecule has 1 aliphatic heterocycles. The van der Waals surface area contributed by atoms with Crippen LogP contribution in [-0.2, 0) is 9.59 Å². The van der Waals surface area contributed by atoms with E-state index in [-0.39, 0.29) is 11.3 Å². The molecule has 0 spiro atoms. The second-order valence-electron chi connectivity index (χ2n) is 8.52. The van der Waals surface area contributed by atoms with Crippen LogP contribution in [0.3, 0.4) is 0 Å². The first-order valence-electron chi connectivity index (χ1n) is 11.3. The first kappa shape index (κ1) is 20.8. The molecule has 1 aromatic heterocycles. The lowest BCUT2D eigenvalue weighted by molar-refractivity contribution is -0.132. The number of carbonyl (C=O) groups is 2. The molecule has 5 heteroatoms. The highest BCUT2D eigenvalue weighted by molar-refractivity contribution is 6.52. The summed E-state index contributed by atoms with van der Waals surface area (Å²) < 4.78 is 0. The molecular weight excluding hydrogens is 436 g/mol. The molecule has 1 unspecified atom stereocenters. The predicted molar refractivity (Wildman–Crippen MR) is 137 cm³/mol. The lowest BCUT2D eigenvalue weighted by atomic mass is 9.95. The van der Waals surface area contributed by atoms with Crippen molar-refractivity contribution in [2.24, 2.45) is 0 Å². The number of nitrogens with zero attached hydrogens (tertiary/aromatic N) is 2. The standard InChI is InChI=1S/C30H20N2O3/c33-28(22-15-14-19-7-1-2-9-21(19)17-22)26-27(23-11-6-16-31-18-23)32(30(35)29(26)34)25-13-5-10-20-8-3-4-12-24(20)25/h1-18,27,33H/b28-26+. The quantitative estimate of drug-likeness (QED) is 0.205. The summed E-state index contributed by atoms with van der Waals surface area (Å²) >= 11 is 0. The van der Waals surface area contributed by atoms with Crippen LogP contribution in [0, 0.1) is 0 Å². The monoisotopic (exact) mass is 456 g/mol. The van der Waals surface area contributed by atoms with Gasteiger partial charge in [0.25, 0.3) is 11.7 Å². The van der Waals surface area contributed by atoms with Crippen LogP contribution >= 0.6 is 0 Å². The van der Waals surface area contributed by atoms with Crippen molar-refractivity contribution in [1.29, 1.82) is 0 Å². The van der Waals surface area contributed by atoms with Crippen molar-refractivity contribution in [2.45, 2.75) is 6.04 Å². The number of benzene rings is 4. The van der Waals surface area contributed by atoms with Gasteiger partial charge in [-0.25, -0.2) is 0 Å². The van der Waals surface area contributed by atoms with Crippen LogP contribution in [0.2, 0.25) is 0 Å². The van der Waals surface area contributed by atoms with Crippen LogP contribution in [0.5, 0.6) is 0 Å². The fourth-order valence-corrected chi connectivity index (χ4v) is 4.84. The summed E-state index contributed by atoms with van der Waals surface area (Å²) in [6.07, 6.45) is 3.26. The van der Waals surface area contributed by atoms with Crippen LogP contribution < -0.4 is 4.90 Å².